The lowest BCUT2D eigenvalue weighted by molar-refractivity contribution is -0.140. The molecule has 170 valence electrons. The molecule has 0 saturated carbocycles. The highest BCUT2D eigenvalue weighted by Gasteiger charge is 2.46. The van der Waals surface area contributed by atoms with Gasteiger partial charge in [-0.25, -0.2) is 0 Å². The number of rotatable bonds is 8. The number of nitrogens with zero attached hydrogens (tertiary/aromatic N) is 1. The highest BCUT2D eigenvalue weighted by molar-refractivity contribution is 6.46. The van der Waals surface area contributed by atoms with Crippen molar-refractivity contribution in [3.05, 3.63) is 64.2 Å². The zero-order valence-electron chi connectivity index (χ0n) is 19.1. The summed E-state index contributed by atoms with van der Waals surface area (Å²) < 4.78 is 16.2. The normalized spacial score (nSPS) is 17.7. The monoisotopic (exact) mass is 439 g/mol. The Balaban J connectivity index is 2.19. The molecule has 0 aromatic heterocycles. The molecule has 1 aliphatic rings. The predicted octanol–water partition coefficient (Wildman–Crippen LogP) is 3.78. The van der Waals surface area contributed by atoms with Gasteiger partial charge in [0.2, 0.25) is 0 Å². The lowest BCUT2D eigenvalue weighted by Crippen LogP contribution is -2.32. The fourth-order valence-corrected chi connectivity index (χ4v) is 3.82. The second kappa shape index (κ2) is 9.87. The van der Waals surface area contributed by atoms with E-state index in [0.29, 0.717) is 29.2 Å². The minimum Gasteiger partial charge on any atom is -0.507 e. The summed E-state index contributed by atoms with van der Waals surface area (Å²) >= 11 is 0. The van der Waals surface area contributed by atoms with Gasteiger partial charge in [0.25, 0.3) is 11.7 Å². The minimum absolute atomic E-state index is 0.0422. The number of ether oxygens (including phenoxy) is 3. The van der Waals surface area contributed by atoms with Gasteiger partial charge in [-0.05, 0) is 55.7 Å². The van der Waals surface area contributed by atoms with E-state index in [9.17, 15) is 14.7 Å². The quantitative estimate of drug-likeness (QED) is 0.383. The number of methoxy groups -OCH3 is 2. The molecule has 0 spiro atoms. The Hall–Kier alpha value is -3.32. The van der Waals surface area contributed by atoms with Crippen molar-refractivity contribution in [1.82, 2.24) is 4.90 Å². The van der Waals surface area contributed by atoms with Crippen molar-refractivity contribution in [3.8, 4) is 11.5 Å². The zero-order chi connectivity index (χ0) is 23.4. The van der Waals surface area contributed by atoms with E-state index in [2.05, 4.69) is 0 Å². The molecule has 0 bridgehead atoms. The summed E-state index contributed by atoms with van der Waals surface area (Å²) in [6, 6.07) is 9.90. The number of amides is 1. The first-order valence-corrected chi connectivity index (χ1v) is 10.5. The standard InChI is InChI=1S/C25H29NO6/c1-6-32-19-10-9-17(14-20(19)31-5)22-21(24(28)25(29)26(22)11-12-30-4)23(27)18-8-7-15(2)16(3)13-18/h7-10,13-14,22,27H,6,11-12H2,1-5H3/b23-21-. The van der Waals surface area contributed by atoms with Gasteiger partial charge in [-0.3, -0.25) is 9.59 Å². The van der Waals surface area contributed by atoms with Crippen molar-refractivity contribution in [1.29, 1.82) is 0 Å². The molecular weight excluding hydrogens is 410 g/mol. The summed E-state index contributed by atoms with van der Waals surface area (Å²) in [6.07, 6.45) is 0. The first kappa shape index (κ1) is 23.3. The molecule has 32 heavy (non-hydrogen) atoms. The highest BCUT2D eigenvalue weighted by atomic mass is 16.5. The molecule has 1 aliphatic heterocycles. The zero-order valence-corrected chi connectivity index (χ0v) is 19.1. The summed E-state index contributed by atoms with van der Waals surface area (Å²) in [6.45, 7) is 6.69. The van der Waals surface area contributed by atoms with Gasteiger partial charge in [-0.15, -0.1) is 0 Å². The molecule has 0 radical (unpaired) electrons. The topological polar surface area (TPSA) is 85.3 Å². The Morgan fingerprint density at radius 3 is 2.41 bits per heavy atom. The van der Waals surface area contributed by atoms with Crippen LogP contribution in [-0.4, -0.2) is 55.7 Å². The van der Waals surface area contributed by atoms with Crippen LogP contribution in [0.25, 0.3) is 5.76 Å². The second-order valence-electron chi connectivity index (χ2n) is 7.63. The average molecular weight is 440 g/mol. The summed E-state index contributed by atoms with van der Waals surface area (Å²) in [5.74, 6) is -0.571. The van der Waals surface area contributed by atoms with E-state index >= 15 is 0 Å². The molecule has 1 atom stereocenters. The molecule has 2 aromatic rings. The SMILES string of the molecule is CCOc1ccc(C2/C(=C(/O)c3ccc(C)c(C)c3)C(=O)C(=O)N2CCOC)cc1OC. The third-order valence-corrected chi connectivity index (χ3v) is 5.66. The van der Waals surface area contributed by atoms with Gasteiger partial charge in [0.05, 0.1) is 31.9 Å². The van der Waals surface area contributed by atoms with Crippen LogP contribution in [0.15, 0.2) is 42.0 Å². The summed E-state index contributed by atoms with van der Waals surface area (Å²) in [7, 11) is 3.05. The summed E-state index contributed by atoms with van der Waals surface area (Å²) in [5, 5.41) is 11.2. The molecule has 1 N–H and O–H groups in total. The van der Waals surface area contributed by atoms with Crippen molar-refractivity contribution < 1.29 is 28.9 Å². The van der Waals surface area contributed by atoms with E-state index in [0.717, 1.165) is 11.1 Å². The molecule has 2 aromatic carbocycles. The van der Waals surface area contributed by atoms with Gasteiger partial charge in [-0.1, -0.05) is 18.2 Å². The Morgan fingerprint density at radius 1 is 1.03 bits per heavy atom. The molecule has 3 rings (SSSR count). The Bertz CT molecular complexity index is 1060. The maximum absolute atomic E-state index is 13.0. The van der Waals surface area contributed by atoms with Crippen LogP contribution in [0.5, 0.6) is 11.5 Å². The third-order valence-electron chi connectivity index (χ3n) is 5.66. The Kier molecular flexibility index (Phi) is 7.20. The first-order valence-electron chi connectivity index (χ1n) is 10.5. The lowest BCUT2D eigenvalue weighted by Gasteiger charge is -2.25. The van der Waals surface area contributed by atoms with E-state index in [1.165, 1.54) is 19.1 Å². The maximum Gasteiger partial charge on any atom is 0.295 e. The number of aliphatic hydroxyl groups excluding tert-OH is 1. The number of ketones is 1. The van der Waals surface area contributed by atoms with Crippen LogP contribution < -0.4 is 9.47 Å². The third kappa shape index (κ3) is 4.34. The van der Waals surface area contributed by atoms with E-state index < -0.39 is 17.7 Å². The fourth-order valence-electron chi connectivity index (χ4n) is 3.82. The smallest absolute Gasteiger partial charge is 0.295 e. The molecule has 1 saturated heterocycles. The summed E-state index contributed by atoms with van der Waals surface area (Å²) in [5.41, 5.74) is 3.20. The van der Waals surface area contributed by atoms with Crippen LogP contribution in [0.4, 0.5) is 0 Å². The molecule has 1 heterocycles. The van der Waals surface area contributed by atoms with Crippen LogP contribution in [0.2, 0.25) is 0 Å². The van der Waals surface area contributed by atoms with Crippen molar-refractivity contribution in [2.75, 3.05) is 34.0 Å². The number of hydrogen-bond donors (Lipinski definition) is 1. The van der Waals surface area contributed by atoms with E-state index in [1.807, 2.05) is 32.9 Å². The molecule has 1 fully saturated rings. The molecule has 7 nitrogen and oxygen atoms in total. The number of carbonyl (C=O) groups is 2. The molecular formula is C25H29NO6. The van der Waals surface area contributed by atoms with Crippen LogP contribution in [0.1, 0.15) is 35.2 Å². The van der Waals surface area contributed by atoms with Crippen molar-refractivity contribution in [2.45, 2.75) is 26.8 Å². The van der Waals surface area contributed by atoms with Crippen LogP contribution in [-0.2, 0) is 14.3 Å². The van der Waals surface area contributed by atoms with Crippen molar-refractivity contribution in [2.24, 2.45) is 0 Å². The number of carbonyl (C=O) groups excluding carboxylic acids is 2. The average Bonchev–Trinajstić information content (AvgIpc) is 3.04. The number of hydrogen-bond acceptors (Lipinski definition) is 6. The Labute approximate surface area is 188 Å². The molecule has 0 aliphatic carbocycles. The van der Waals surface area contributed by atoms with E-state index in [-0.39, 0.29) is 24.5 Å². The van der Waals surface area contributed by atoms with Gasteiger partial charge in [-0.2, -0.15) is 0 Å². The number of aliphatic hydroxyl groups is 1. The largest absolute Gasteiger partial charge is 0.507 e. The first-order chi connectivity index (χ1) is 15.3. The minimum atomic E-state index is -0.781. The van der Waals surface area contributed by atoms with Crippen LogP contribution in [0.3, 0.4) is 0 Å². The predicted molar refractivity (Wildman–Crippen MR) is 121 cm³/mol. The second-order valence-corrected chi connectivity index (χ2v) is 7.63. The van der Waals surface area contributed by atoms with Gasteiger partial charge in [0, 0.05) is 19.2 Å². The summed E-state index contributed by atoms with van der Waals surface area (Å²) in [4.78, 5) is 27.4. The van der Waals surface area contributed by atoms with Crippen molar-refractivity contribution >= 4 is 17.4 Å². The number of likely N-dealkylation sites (tertiary alicyclic amines) is 1. The molecule has 1 unspecified atom stereocenters. The molecule has 1 amide bonds. The Morgan fingerprint density at radius 2 is 1.78 bits per heavy atom. The lowest BCUT2D eigenvalue weighted by atomic mass is 9.94. The highest BCUT2D eigenvalue weighted by Crippen LogP contribution is 2.42. The van der Waals surface area contributed by atoms with Crippen molar-refractivity contribution in [3.63, 3.8) is 0 Å². The van der Waals surface area contributed by atoms with E-state index in [4.69, 9.17) is 14.2 Å². The van der Waals surface area contributed by atoms with Crippen LogP contribution in [0, 0.1) is 13.8 Å². The van der Waals surface area contributed by atoms with Gasteiger partial charge in [0.1, 0.15) is 5.76 Å². The molecule has 7 heteroatoms. The number of Topliss-reactive ketones (excluding diaryl/α,β-unsaturated/α-hetero) is 1. The van der Waals surface area contributed by atoms with E-state index in [1.54, 1.807) is 24.3 Å². The van der Waals surface area contributed by atoms with Crippen LogP contribution >= 0.6 is 0 Å². The number of aryl methyl sites for hydroxylation is 2. The number of benzene rings is 2. The van der Waals surface area contributed by atoms with Gasteiger partial charge < -0.3 is 24.2 Å². The van der Waals surface area contributed by atoms with Gasteiger partial charge >= 0.3 is 0 Å². The maximum atomic E-state index is 13.0. The fraction of sp³-hybridized carbons (Fsp3) is 0.360. The van der Waals surface area contributed by atoms with Gasteiger partial charge in [0.15, 0.2) is 11.5 Å².